The Bertz CT molecular complexity index is 1540. The highest BCUT2D eigenvalue weighted by atomic mass is 32.2. The van der Waals surface area contributed by atoms with Crippen molar-refractivity contribution >= 4 is 65.7 Å². The standard InChI is InChI=1S/C22H22N2O6S4/c1-3-4-8-16-9-7-12-19-22(16)24(34(28,29)30)21(32-19)14-15(2)13-20-23(33(25,26)27)17-10-5-6-11-18(17)31-20/h5-7,9-14H,3-4,8H2,1-2H3,(H-,25,26,27,28,29,30)/p+1. The van der Waals surface area contributed by atoms with Gasteiger partial charge in [-0.1, -0.05) is 60.7 Å². The van der Waals surface area contributed by atoms with Crippen molar-refractivity contribution in [2.45, 2.75) is 38.0 Å². The number of para-hydroxylation sites is 2. The Balaban J connectivity index is 1.84. The van der Waals surface area contributed by atoms with Crippen molar-refractivity contribution in [3.63, 3.8) is 0 Å². The maximum Gasteiger partial charge on any atom is 0.513 e. The lowest BCUT2D eigenvalue weighted by molar-refractivity contribution is -0.486. The van der Waals surface area contributed by atoms with Gasteiger partial charge in [0, 0.05) is 16.5 Å². The minimum atomic E-state index is -4.60. The first-order valence-electron chi connectivity index (χ1n) is 10.4. The van der Waals surface area contributed by atoms with Gasteiger partial charge in [0.1, 0.15) is 4.70 Å². The smallest absolute Gasteiger partial charge is 0.269 e. The van der Waals surface area contributed by atoms with Crippen LogP contribution in [-0.2, 0) is 27.0 Å². The van der Waals surface area contributed by atoms with Crippen LogP contribution in [0.5, 0.6) is 0 Å². The van der Waals surface area contributed by atoms with E-state index in [4.69, 9.17) is 0 Å². The molecule has 0 fully saturated rings. The summed E-state index contributed by atoms with van der Waals surface area (Å²) in [6.45, 7) is 3.74. The third-order valence-corrected chi connectivity index (χ3v) is 9.22. The molecular weight excluding hydrogens is 517 g/mol. The first-order valence-corrected chi connectivity index (χ1v) is 14.8. The number of aromatic nitrogens is 1. The number of allylic oxidation sites excluding steroid dienone is 2. The van der Waals surface area contributed by atoms with E-state index in [-0.39, 0.29) is 10.0 Å². The fourth-order valence-electron chi connectivity index (χ4n) is 3.77. The first-order chi connectivity index (χ1) is 16.0. The quantitative estimate of drug-likeness (QED) is 0.326. The number of nitrogens with zero attached hydrogens (tertiary/aromatic N) is 2. The zero-order valence-corrected chi connectivity index (χ0v) is 21.6. The van der Waals surface area contributed by atoms with Crippen LogP contribution >= 0.6 is 23.1 Å². The van der Waals surface area contributed by atoms with Gasteiger partial charge in [0.15, 0.2) is 0 Å². The molecule has 0 unspecified atom stereocenters. The summed E-state index contributed by atoms with van der Waals surface area (Å²) < 4.78 is 71.2. The zero-order valence-electron chi connectivity index (χ0n) is 18.4. The van der Waals surface area contributed by atoms with Gasteiger partial charge < -0.3 is 0 Å². The first kappa shape index (κ1) is 24.9. The number of hydrogen-bond donors (Lipinski definition) is 2. The Kier molecular flexibility index (Phi) is 6.91. The Morgan fingerprint density at radius 2 is 1.82 bits per heavy atom. The van der Waals surface area contributed by atoms with E-state index in [1.807, 2.05) is 19.1 Å². The van der Waals surface area contributed by atoms with Crippen molar-refractivity contribution in [1.82, 2.24) is 0 Å². The van der Waals surface area contributed by atoms with Crippen LogP contribution in [0.3, 0.4) is 0 Å². The van der Waals surface area contributed by atoms with Crippen molar-refractivity contribution in [3.05, 3.63) is 69.7 Å². The largest absolute Gasteiger partial charge is 0.513 e. The normalized spacial score (nSPS) is 15.9. The summed E-state index contributed by atoms with van der Waals surface area (Å²) in [6, 6.07) is 12.3. The maximum atomic E-state index is 12.4. The average molecular weight is 540 g/mol. The molecule has 0 saturated heterocycles. The van der Waals surface area contributed by atoms with Gasteiger partial charge in [-0.3, -0.25) is 4.55 Å². The summed E-state index contributed by atoms with van der Waals surface area (Å²) in [4.78, 5) is 0.662. The number of anilines is 1. The van der Waals surface area contributed by atoms with Crippen LogP contribution in [0.25, 0.3) is 16.3 Å². The number of aryl methyl sites for hydroxylation is 1. The topological polar surface area (TPSA) is 116 Å². The summed E-state index contributed by atoms with van der Waals surface area (Å²) in [5.74, 6) is 0. The molecule has 0 aliphatic carbocycles. The van der Waals surface area contributed by atoms with E-state index < -0.39 is 20.6 Å². The van der Waals surface area contributed by atoms with Gasteiger partial charge >= 0.3 is 20.6 Å². The van der Waals surface area contributed by atoms with Crippen LogP contribution in [0.2, 0.25) is 0 Å². The van der Waals surface area contributed by atoms with E-state index in [1.54, 1.807) is 49.4 Å². The fraction of sp³-hybridized carbons (Fsp3) is 0.227. The maximum absolute atomic E-state index is 12.4. The number of thioether (sulfide) groups is 1. The molecule has 2 heterocycles. The van der Waals surface area contributed by atoms with Crippen molar-refractivity contribution < 1.29 is 29.9 Å². The number of thiazole rings is 1. The average Bonchev–Trinajstić information content (AvgIpc) is 3.29. The lowest BCUT2D eigenvalue weighted by atomic mass is 10.1. The van der Waals surface area contributed by atoms with Crippen LogP contribution in [0.4, 0.5) is 5.69 Å². The van der Waals surface area contributed by atoms with E-state index in [0.717, 1.165) is 26.7 Å². The fourth-order valence-corrected chi connectivity index (χ4v) is 8.26. The minimum Gasteiger partial charge on any atom is -0.269 e. The second-order valence-electron chi connectivity index (χ2n) is 7.73. The van der Waals surface area contributed by atoms with Crippen LogP contribution in [0.15, 0.2) is 64.0 Å². The van der Waals surface area contributed by atoms with Gasteiger partial charge in [0.05, 0.1) is 10.7 Å². The van der Waals surface area contributed by atoms with Crippen LogP contribution in [0, 0.1) is 0 Å². The molecule has 8 nitrogen and oxygen atoms in total. The molecule has 34 heavy (non-hydrogen) atoms. The van der Waals surface area contributed by atoms with E-state index in [9.17, 15) is 25.9 Å². The van der Waals surface area contributed by atoms with Crippen molar-refractivity contribution in [2.75, 3.05) is 4.31 Å². The molecule has 0 bridgehead atoms. The van der Waals surface area contributed by atoms with Crippen LogP contribution < -0.4 is 8.28 Å². The zero-order chi connectivity index (χ0) is 24.7. The molecule has 0 amide bonds. The SMILES string of the molecule is CCCCc1cccc2sc(C=C(C)C=C3Sc4ccccc4N3S(=O)(=O)O)[n+](S(=O)(=O)O)c12. The minimum absolute atomic E-state index is 0.251. The summed E-state index contributed by atoms with van der Waals surface area (Å²) in [6.07, 6.45) is 5.61. The Morgan fingerprint density at radius 1 is 1.09 bits per heavy atom. The molecule has 3 aromatic rings. The highest BCUT2D eigenvalue weighted by Gasteiger charge is 2.34. The highest BCUT2D eigenvalue weighted by molar-refractivity contribution is 8.05. The van der Waals surface area contributed by atoms with Gasteiger partial charge in [-0.05, 0) is 53.6 Å². The monoisotopic (exact) mass is 539 g/mol. The molecule has 0 spiro atoms. The second-order valence-corrected chi connectivity index (χ2v) is 12.4. The number of benzene rings is 2. The number of fused-ring (bicyclic) bond motifs is 2. The molecule has 0 atom stereocenters. The van der Waals surface area contributed by atoms with Crippen molar-refractivity contribution in [3.8, 4) is 0 Å². The molecule has 2 aromatic carbocycles. The molecular formula is C22H23N2O6S4+. The van der Waals surface area contributed by atoms with Gasteiger partial charge in [-0.2, -0.15) is 8.42 Å². The van der Waals surface area contributed by atoms with E-state index in [2.05, 4.69) is 0 Å². The lowest BCUT2D eigenvalue weighted by Gasteiger charge is -2.15. The summed E-state index contributed by atoms with van der Waals surface area (Å²) >= 11 is 2.38. The molecule has 4 rings (SSSR count). The molecule has 180 valence electrons. The number of rotatable bonds is 7. The number of hydrogen-bond acceptors (Lipinski definition) is 6. The van der Waals surface area contributed by atoms with Crippen LogP contribution in [-0.4, -0.2) is 25.9 Å². The highest BCUT2D eigenvalue weighted by Crippen LogP contribution is 2.47. The van der Waals surface area contributed by atoms with Gasteiger partial charge in [0.25, 0.3) is 5.01 Å². The molecule has 1 aliphatic heterocycles. The molecule has 0 saturated carbocycles. The van der Waals surface area contributed by atoms with E-state index in [1.165, 1.54) is 23.1 Å². The van der Waals surface area contributed by atoms with E-state index >= 15 is 0 Å². The predicted octanol–water partition coefficient (Wildman–Crippen LogP) is 4.84. The van der Waals surface area contributed by atoms with Gasteiger partial charge in [-0.15, -0.1) is 8.42 Å². The van der Waals surface area contributed by atoms with Crippen molar-refractivity contribution in [2.24, 2.45) is 0 Å². The number of unbranched alkanes of at least 4 members (excludes halogenated alkanes) is 1. The van der Waals surface area contributed by atoms with Gasteiger partial charge in [0.2, 0.25) is 5.52 Å². The van der Waals surface area contributed by atoms with E-state index in [0.29, 0.717) is 32.8 Å². The molecule has 1 aliphatic rings. The van der Waals surface area contributed by atoms with Crippen LogP contribution in [0.1, 0.15) is 37.3 Å². The lowest BCUT2D eigenvalue weighted by Crippen LogP contribution is -2.43. The molecule has 2 N–H and O–H groups in total. The Hall–Kier alpha value is -2.22. The second kappa shape index (κ2) is 9.44. The Labute approximate surface area is 207 Å². The third-order valence-electron chi connectivity index (χ3n) is 5.16. The molecule has 1 aromatic heterocycles. The molecule has 0 radical (unpaired) electrons. The summed E-state index contributed by atoms with van der Waals surface area (Å²) in [5, 5.41) is 0.523. The molecule has 12 heteroatoms. The Morgan fingerprint density at radius 3 is 2.50 bits per heavy atom. The summed E-state index contributed by atoms with van der Waals surface area (Å²) in [5.41, 5.74) is 2.13. The third kappa shape index (κ3) is 4.92. The van der Waals surface area contributed by atoms with Gasteiger partial charge in [-0.25, -0.2) is 8.86 Å². The summed E-state index contributed by atoms with van der Waals surface area (Å²) in [7, 11) is -9.18. The predicted molar refractivity (Wildman–Crippen MR) is 136 cm³/mol. The van der Waals surface area contributed by atoms with Crippen molar-refractivity contribution in [1.29, 1.82) is 0 Å².